The molecule has 0 unspecified atom stereocenters. The molecule has 0 aliphatic carbocycles. The van der Waals surface area contributed by atoms with Crippen molar-refractivity contribution in [3.8, 4) is 11.3 Å². The van der Waals surface area contributed by atoms with Crippen LogP contribution in [0.1, 0.15) is 0 Å². The molecule has 5 nitrogen and oxygen atoms in total. The van der Waals surface area contributed by atoms with E-state index in [1.807, 2.05) is 18.2 Å². The molecular formula is C10H8ClN5. The number of rotatable bonds is 1. The molecule has 16 heavy (non-hydrogen) atoms. The van der Waals surface area contributed by atoms with Crippen LogP contribution in [-0.2, 0) is 0 Å². The first-order chi connectivity index (χ1) is 7.74. The highest BCUT2D eigenvalue weighted by Gasteiger charge is 2.09. The molecule has 2 heterocycles. The summed E-state index contributed by atoms with van der Waals surface area (Å²) in [7, 11) is 0. The van der Waals surface area contributed by atoms with Gasteiger partial charge in [-0.1, -0.05) is 17.7 Å². The van der Waals surface area contributed by atoms with Crippen LogP contribution in [0.5, 0.6) is 0 Å². The van der Waals surface area contributed by atoms with Gasteiger partial charge in [0, 0.05) is 5.56 Å². The zero-order valence-corrected chi connectivity index (χ0v) is 8.92. The van der Waals surface area contributed by atoms with E-state index in [4.69, 9.17) is 17.3 Å². The van der Waals surface area contributed by atoms with Crippen LogP contribution in [0.3, 0.4) is 0 Å². The van der Waals surface area contributed by atoms with Gasteiger partial charge in [-0.25, -0.2) is 9.97 Å². The fourth-order valence-electron chi connectivity index (χ4n) is 1.64. The van der Waals surface area contributed by atoms with Crippen molar-refractivity contribution in [3.05, 3.63) is 29.7 Å². The largest absolute Gasteiger partial charge is 0.369 e. The summed E-state index contributed by atoms with van der Waals surface area (Å²) >= 11 is 5.98. The highest BCUT2D eigenvalue weighted by molar-refractivity contribution is 6.32. The van der Waals surface area contributed by atoms with E-state index >= 15 is 0 Å². The molecule has 0 bridgehead atoms. The second-order valence-corrected chi connectivity index (χ2v) is 3.80. The maximum absolute atomic E-state index is 5.98. The first-order valence-corrected chi connectivity index (χ1v) is 5.06. The number of hydrogen-bond donors (Lipinski definition) is 3. The van der Waals surface area contributed by atoms with Crippen molar-refractivity contribution in [2.75, 3.05) is 5.73 Å². The van der Waals surface area contributed by atoms with E-state index < -0.39 is 0 Å². The average molecular weight is 234 g/mol. The fourth-order valence-corrected chi connectivity index (χ4v) is 1.89. The second-order valence-electron chi connectivity index (χ2n) is 3.42. The normalized spacial score (nSPS) is 11.1. The summed E-state index contributed by atoms with van der Waals surface area (Å²) in [6.45, 7) is 0. The Balaban J connectivity index is 2.21. The number of benzene rings is 1. The van der Waals surface area contributed by atoms with Crippen LogP contribution in [0.4, 0.5) is 5.95 Å². The van der Waals surface area contributed by atoms with E-state index in [9.17, 15) is 0 Å². The Bertz CT molecular complexity index is 654. The van der Waals surface area contributed by atoms with E-state index in [0.717, 1.165) is 16.6 Å². The summed E-state index contributed by atoms with van der Waals surface area (Å²) in [6.07, 6.45) is 1.65. The predicted molar refractivity (Wildman–Crippen MR) is 63.1 cm³/mol. The molecule has 3 aromatic rings. The van der Waals surface area contributed by atoms with E-state index in [2.05, 4.69) is 19.9 Å². The van der Waals surface area contributed by atoms with Crippen molar-refractivity contribution in [2.24, 2.45) is 0 Å². The molecule has 0 fully saturated rings. The third kappa shape index (κ3) is 1.33. The zero-order chi connectivity index (χ0) is 11.1. The first-order valence-electron chi connectivity index (χ1n) is 4.68. The summed E-state index contributed by atoms with van der Waals surface area (Å²) in [4.78, 5) is 14.1. The number of aromatic nitrogens is 4. The van der Waals surface area contributed by atoms with Crippen LogP contribution in [0, 0.1) is 0 Å². The van der Waals surface area contributed by atoms with Crippen LogP contribution in [0.15, 0.2) is 24.5 Å². The van der Waals surface area contributed by atoms with Crippen molar-refractivity contribution >= 4 is 28.6 Å². The number of nitrogens with zero attached hydrogens (tertiary/aromatic N) is 2. The summed E-state index contributed by atoms with van der Waals surface area (Å²) < 4.78 is 0. The molecule has 2 aromatic heterocycles. The number of anilines is 1. The van der Waals surface area contributed by atoms with Crippen LogP contribution in [0.2, 0.25) is 5.15 Å². The third-order valence-electron chi connectivity index (χ3n) is 2.37. The number of nitrogen functional groups attached to an aromatic ring is 1. The van der Waals surface area contributed by atoms with Gasteiger partial charge in [-0.3, -0.25) is 0 Å². The van der Waals surface area contributed by atoms with Crippen LogP contribution >= 0.6 is 11.6 Å². The molecule has 0 saturated heterocycles. The summed E-state index contributed by atoms with van der Waals surface area (Å²) in [5, 5.41) is 0.441. The maximum Gasteiger partial charge on any atom is 0.199 e. The molecule has 0 saturated carbocycles. The van der Waals surface area contributed by atoms with Gasteiger partial charge in [0.25, 0.3) is 0 Å². The minimum atomic E-state index is 0.310. The summed E-state index contributed by atoms with van der Waals surface area (Å²) in [5.74, 6) is 0.310. The van der Waals surface area contributed by atoms with Gasteiger partial charge in [-0.2, -0.15) is 0 Å². The average Bonchev–Trinajstić information content (AvgIpc) is 2.83. The summed E-state index contributed by atoms with van der Waals surface area (Å²) in [6, 6.07) is 5.75. The molecule has 0 aliphatic rings. The van der Waals surface area contributed by atoms with E-state index in [1.165, 1.54) is 0 Å². The molecular weight excluding hydrogens is 226 g/mol. The lowest BCUT2D eigenvalue weighted by Gasteiger charge is -1.97. The topological polar surface area (TPSA) is 83.4 Å². The van der Waals surface area contributed by atoms with Crippen molar-refractivity contribution < 1.29 is 0 Å². The highest BCUT2D eigenvalue weighted by Crippen LogP contribution is 2.27. The molecule has 1 aromatic carbocycles. The molecule has 6 heteroatoms. The number of fused-ring (bicyclic) bond motifs is 1. The number of hydrogen-bond acceptors (Lipinski definition) is 3. The number of halogens is 1. The molecule has 80 valence electrons. The molecule has 0 amide bonds. The Kier molecular flexibility index (Phi) is 1.87. The Morgan fingerprint density at radius 3 is 2.94 bits per heavy atom. The van der Waals surface area contributed by atoms with Crippen LogP contribution in [0.25, 0.3) is 22.3 Å². The summed E-state index contributed by atoms with van der Waals surface area (Å²) in [5.41, 5.74) is 8.93. The number of H-pyrrole nitrogens is 2. The Morgan fingerprint density at radius 2 is 2.19 bits per heavy atom. The first kappa shape index (κ1) is 9.23. The lowest BCUT2D eigenvalue weighted by Crippen LogP contribution is -1.85. The van der Waals surface area contributed by atoms with E-state index in [0.29, 0.717) is 16.8 Å². The van der Waals surface area contributed by atoms with Crippen molar-refractivity contribution in [3.63, 3.8) is 0 Å². The number of nitrogens with one attached hydrogen (secondary N) is 2. The molecule has 0 atom stereocenters. The van der Waals surface area contributed by atoms with Crippen LogP contribution < -0.4 is 5.73 Å². The molecule has 0 aliphatic heterocycles. The molecule has 4 N–H and O–H groups in total. The lowest BCUT2D eigenvalue weighted by molar-refractivity contribution is 1.33. The number of nitrogens with two attached hydrogens (primary N) is 1. The SMILES string of the molecule is Nc1nc(-c2ccc3nc[nH]c3c2)c(Cl)[nH]1. The predicted octanol–water partition coefficient (Wildman–Crippen LogP) is 2.19. The Labute approximate surface area is 95.7 Å². The fraction of sp³-hybridized carbons (Fsp3) is 0. The minimum absolute atomic E-state index is 0.310. The number of aromatic amines is 2. The second kappa shape index (κ2) is 3.24. The van der Waals surface area contributed by atoms with Crippen molar-refractivity contribution in [2.45, 2.75) is 0 Å². The van der Waals surface area contributed by atoms with Gasteiger partial charge in [-0.05, 0) is 12.1 Å². The van der Waals surface area contributed by atoms with Gasteiger partial charge in [0.1, 0.15) is 10.8 Å². The van der Waals surface area contributed by atoms with Gasteiger partial charge in [0.15, 0.2) is 5.95 Å². The third-order valence-corrected chi connectivity index (χ3v) is 2.65. The van der Waals surface area contributed by atoms with Gasteiger partial charge in [-0.15, -0.1) is 0 Å². The zero-order valence-electron chi connectivity index (χ0n) is 8.16. The molecule has 3 rings (SSSR count). The monoisotopic (exact) mass is 233 g/mol. The molecule has 0 spiro atoms. The van der Waals surface area contributed by atoms with Gasteiger partial charge in [0.2, 0.25) is 0 Å². The Morgan fingerprint density at radius 1 is 1.31 bits per heavy atom. The lowest BCUT2D eigenvalue weighted by atomic mass is 10.1. The van der Waals surface area contributed by atoms with Crippen LogP contribution in [-0.4, -0.2) is 19.9 Å². The Hall–Kier alpha value is -2.01. The van der Waals surface area contributed by atoms with E-state index in [1.54, 1.807) is 6.33 Å². The smallest absolute Gasteiger partial charge is 0.199 e. The van der Waals surface area contributed by atoms with Gasteiger partial charge < -0.3 is 15.7 Å². The highest BCUT2D eigenvalue weighted by atomic mass is 35.5. The quantitative estimate of drug-likeness (QED) is 0.602. The van der Waals surface area contributed by atoms with Gasteiger partial charge >= 0.3 is 0 Å². The standard InChI is InChI=1S/C10H8ClN5/c11-9-8(15-10(12)16-9)5-1-2-6-7(3-5)14-4-13-6/h1-4H,(H,13,14)(H3,12,15,16). The van der Waals surface area contributed by atoms with Crippen molar-refractivity contribution in [1.29, 1.82) is 0 Å². The van der Waals surface area contributed by atoms with Gasteiger partial charge in [0.05, 0.1) is 17.4 Å². The molecule has 0 radical (unpaired) electrons. The van der Waals surface area contributed by atoms with Crippen molar-refractivity contribution in [1.82, 2.24) is 19.9 Å². The minimum Gasteiger partial charge on any atom is -0.369 e. The van der Waals surface area contributed by atoms with E-state index in [-0.39, 0.29) is 0 Å². The maximum atomic E-state index is 5.98. The number of imidazole rings is 2.